The fraction of sp³-hybridized carbons (Fsp3) is 0.231. The van der Waals surface area contributed by atoms with Crippen molar-refractivity contribution in [3.8, 4) is 22.3 Å². The largest absolute Gasteiger partial charge is 0.478 e. The number of carboxylic acids is 2. The molecule has 2 N–H and O–H groups in total. The Morgan fingerprint density at radius 2 is 1.27 bits per heavy atom. The standard InChI is InChI=1S/C26H26O4/c1-4-10-18-15-17(5-2)16(3)23(19-11-6-8-13-21(19)25(27)28)24(18)20-12-7-9-14-22(20)26(29)30/h6-9,11-15H,4-5,10H2,1-3H3,(H,27,28)(H,29,30). The molecule has 0 aromatic heterocycles. The van der Waals surface area contributed by atoms with Crippen molar-refractivity contribution >= 4 is 11.9 Å². The van der Waals surface area contributed by atoms with Crippen LogP contribution < -0.4 is 0 Å². The van der Waals surface area contributed by atoms with E-state index >= 15 is 0 Å². The number of carboxylic acid groups (broad SMARTS) is 2. The van der Waals surface area contributed by atoms with Crippen LogP contribution in [0.4, 0.5) is 0 Å². The van der Waals surface area contributed by atoms with Crippen LogP contribution in [0.3, 0.4) is 0 Å². The van der Waals surface area contributed by atoms with E-state index in [2.05, 4.69) is 19.9 Å². The van der Waals surface area contributed by atoms with Gasteiger partial charge in [-0.3, -0.25) is 0 Å². The van der Waals surface area contributed by atoms with E-state index in [0.29, 0.717) is 11.1 Å². The van der Waals surface area contributed by atoms with Crippen LogP contribution in [0.2, 0.25) is 0 Å². The Labute approximate surface area is 176 Å². The fourth-order valence-corrected chi connectivity index (χ4v) is 4.15. The molecule has 30 heavy (non-hydrogen) atoms. The summed E-state index contributed by atoms with van der Waals surface area (Å²) in [5, 5.41) is 19.7. The Kier molecular flexibility index (Phi) is 6.36. The summed E-state index contributed by atoms with van der Waals surface area (Å²) in [5.74, 6) is -2.00. The maximum atomic E-state index is 12.0. The fourth-order valence-electron chi connectivity index (χ4n) is 4.15. The highest BCUT2D eigenvalue weighted by Crippen LogP contribution is 2.42. The second-order valence-corrected chi connectivity index (χ2v) is 7.37. The minimum Gasteiger partial charge on any atom is -0.478 e. The van der Waals surface area contributed by atoms with Crippen molar-refractivity contribution in [1.82, 2.24) is 0 Å². The van der Waals surface area contributed by atoms with Crippen LogP contribution in [0.25, 0.3) is 22.3 Å². The molecular formula is C26H26O4. The van der Waals surface area contributed by atoms with E-state index in [4.69, 9.17) is 0 Å². The third-order valence-electron chi connectivity index (χ3n) is 5.53. The molecule has 0 saturated heterocycles. The van der Waals surface area contributed by atoms with Crippen LogP contribution in [0.1, 0.15) is 57.7 Å². The molecule has 3 rings (SSSR count). The van der Waals surface area contributed by atoms with Crippen LogP contribution in [0.5, 0.6) is 0 Å². The number of rotatable bonds is 7. The zero-order valence-electron chi connectivity index (χ0n) is 17.5. The van der Waals surface area contributed by atoms with Crippen LogP contribution in [-0.2, 0) is 12.8 Å². The number of benzene rings is 3. The maximum absolute atomic E-state index is 12.0. The first-order valence-corrected chi connectivity index (χ1v) is 10.2. The number of aryl methyl sites for hydroxylation is 2. The molecule has 0 saturated carbocycles. The summed E-state index contributed by atoms with van der Waals surface area (Å²) in [7, 11) is 0. The molecule has 0 aliphatic carbocycles. The lowest BCUT2D eigenvalue weighted by molar-refractivity contribution is 0.0686. The Morgan fingerprint density at radius 1 is 0.767 bits per heavy atom. The van der Waals surface area contributed by atoms with E-state index in [0.717, 1.165) is 47.1 Å². The zero-order valence-corrected chi connectivity index (χ0v) is 17.5. The molecule has 0 heterocycles. The van der Waals surface area contributed by atoms with Crippen molar-refractivity contribution in [3.05, 3.63) is 82.4 Å². The summed E-state index contributed by atoms with van der Waals surface area (Å²) < 4.78 is 0. The summed E-state index contributed by atoms with van der Waals surface area (Å²) in [5.41, 5.74) is 6.47. The summed E-state index contributed by atoms with van der Waals surface area (Å²) in [6, 6.07) is 16.1. The predicted molar refractivity (Wildman–Crippen MR) is 119 cm³/mol. The molecule has 0 spiro atoms. The van der Waals surface area contributed by atoms with E-state index < -0.39 is 11.9 Å². The normalized spacial score (nSPS) is 10.8. The third-order valence-corrected chi connectivity index (χ3v) is 5.53. The number of hydrogen-bond acceptors (Lipinski definition) is 2. The van der Waals surface area contributed by atoms with Crippen molar-refractivity contribution < 1.29 is 19.8 Å². The van der Waals surface area contributed by atoms with Crippen LogP contribution >= 0.6 is 0 Å². The molecule has 0 radical (unpaired) electrons. The average Bonchev–Trinajstić information content (AvgIpc) is 2.74. The zero-order chi connectivity index (χ0) is 21.8. The topological polar surface area (TPSA) is 74.6 Å². The molecule has 0 aliphatic rings. The number of hydrogen-bond donors (Lipinski definition) is 2. The van der Waals surface area contributed by atoms with Gasteiger partial charge in [0.2, 0.25) is 0 Å². The van der Waals surface area contributed by atoms with E-state index in [1.54, 1.807) is 24.3 Å². The number of carbonyl (C=O) groups is 2. The SMILES string of the molecule is CCCc1cc(CC)c(C)c(-c2ccccc2C(=O)O)c1-c1ccccc1C(=O)O. The third kappa shape index (κ3) is 3.86. The predicted octanol–water partition coefficient (Wildman–Crippen LogP) is 6.24. The van der Waals surface area contributed by atoms with Gasteiger partial charge in [0, 0.05) is 0 Å². The summed E-state index contributed by atoms with van der Waals surface area (Å²) in [4.78, 5) is 24.0. The number of aromatic carboxylic acids is 2. The van der Waals surface area contributed by atoms with Gasteiger partial charge in [-0.15, -0.1) is 0 Å². The second-order valence-electron chi connectivity index (χ2n) is 7.37. The van der Waals surface area contributed by atoms with Gasteiger partial charge in [-0.2, -0.15) is 0 Å². The van der Waals surface area contributed by atoms with Gasteiger partial charge in [-0.25, -0.2) is 9.59 Å². The summed E-state index contributed by atoms with van der Waals surface area (Å²) in [6.07, 6.45) is 2.49. The van der Waals surface area contributed by atoms with E-state index in [1.807, 2.05) is 31.2 Å². The van der Waals surface area contributed by atoms with Gasteiger partial charge in [0.1, 0.15) is 0 Å². The van der Waals surface area contributed by atoms with Crippen molar-refractivity contribution in [2.45, 2.75) is 40.0 Å². The highest BCUT2D eigenvalue weighted by molar-refractivity contribution is 6.04. The minimum absolute atomic E-state index is 0.213. The Morgan fingerprint density at radius 3 is 1.73 bits per heavy atom. The van der Waals surface area contributed by atoms with E-state index in [1.165, 1.54) is 0 Å². The Balaban J connectivity index is 2.53. The van der Waals surface area contributed by atoms with Crippen molar-refractivity contribution in [2.24, 2.45) is 0 Å². The van der Waals surface area contributed by atoms with Gasteiger partial charge in [-0.05, 0) is 70.8 Å². The quantitative estimate of drug-likeness (QED) is 0.490. The van der Waals surface area contributed by atoms with Crippen molar-refractivity contribution in [2.75, 3.05) is 0 Å². The molecule has 0 fully saturated rings. The first-order chi connectivity index (χ1) is 14.4. The first kappa shape index (κ1) is 21.3. The second kappa shape index (κ2) is 8.95. The highest BCUT2D eigenvalue weighted by Gasteiger charge is 2.24. The van der Waals surface area contributed by atoms with Crippen LogP contribution in [0.15, 0.2) is 54.6 Å². The first-order valence-electron chi connectivity index (χ1n) is 10.2. The molecular weight excluding hydrogens is 376 g/mol. The molecule has 4 heteroatoms. The van der Waals surface area contributed by atoms with Gasteiger partial charge < -0.3 is 10.2 Å². The Bertz CT molecular complexity index is 1110. The van der Waals surface area contributed by atoms with Gasteiger partial charge in [0.25, 0.3) is 0 Å². The molecule has 4 nitrogen and oxygen atoms in total. The molecule has 0 unspecified atom stereocenters. The molecule has 0 bridgehead atoms. The monoisotopic (exact) mass is 402 g/mol. The van der Waals surface area contributed by atoms with Crippen LogP contribution in [0, 0.1) is 6.92 Å². The Hall–Kier alpha value is -3.40. The highest BCUT2D eigenvalue weighted by atomic mass is 16.4. The molecule has 0 amide bonds. The van der Waals surface area contributed by atoms with Gasteiger partial charge in [-0.1, -0.05) is 62.7 Å². The van der Waals surface area contributed by atoms with Crippen molar-refractivity contribution in [1.29, 1.82) is 0 Å². The smallest absolute Gasteiger partial charge is 0.336 e. The molecule has 3 aromatic carbocycles. The summed E-state index contributed by atoms with van der Waals surface area (Å²) >= 11 is 0. The molecule has 3 aromatic rings. The van der Waals surface area contributed by atoms with Gasteiger partial charge in [0.05, 0.1) is 11.1 Å². The summed E-state index contributed by atoms with van der Waals surface area (Å²) in [6.45, 7) is 6.16. The van der Waals surface area contributed by atoms with E-state index in [-0.39, 0.29) is 11.1 Å². The van der Waals surface area contributed by atoms with Gasteiger partial charge in [0.15, 0.2) is 0 Å². The lowest BCUT2D eigenvalue weighted by atomic mass is 9.81. The maximum Gasteiger partial charge on any atom is 0.336 e. The lowest BCUT2D eigenvalue weighted by Crippen LogP contribution is -2.07. The van der Waals surface area contributed by atoms with Crippen molar-refractivity contribution in [3.63, 3.8) is 0 Å². The lowest BCUT2D eigenvalue weighted by Gasteiger charge is -2.23. The minimum atomic E-state index is -0.999. The van der Waals surface area contributed by atoms with Gasteiger partial charge >= 0.3 is 11.9 Å². The van der Waals surface area contributed by atoms with Crippen LogP contribution in [-0.4, -0.2) is 22.2 Å². The molecule has 154 valence electrons. The molecule has 0 atom stereocenters. The molecule has 0 aliphatic heterocycles. The average molecular weight is 402 g/mol. The van der Waals surface area contributed by atoms with E-state index in [9.17, 15) is 19.8 Å².